The number of nitrogens with one attached hydrogen (secondary N) is 2. The van der Waals surface area contributed by atoms with Crippen molar-refractivity contribution in [3.63, 3.8) is 0 Å². The fourth-order valence-electron chi connectivity index (χ4n) is 2.92. The van der Waals surface area contributed by atoms with Gasteiger partial charge in [0.15, 0.2) is 5.96 Å². The van der Waals surface area contributed by atoms with Crippen LogP contribution in [0.15, 0.2) is 29.3 Å². The minimum absolute atomic E-state index is 0. The van der Waals surface area contributed by atoms with Crippen LogP contribution >= 0.6 is 24.0 Å². The highest BCUT2D eigenvalue weighted by Crippen LogP contribution is 2.18. The molecule has 0 saturated carbocycles. The molecule has 2 N–H and O–H groups in total. The van der Waals surface area contributed by atoms with E-state index in [-0.39, 0.29) is 24.0 Å². The Balaban J connectivity index is 0.00000420. The Morgan fingerprint density at radius 3 is 2.48 bits per heavy atom. The maximum Gasteiger partial charge on any atom is 0.190 e. The van der Waals surface area contributed by atoms with Crippen LogP contribution in [0.4, 0.5) is 0 Å². The number of aliphatic imine (C=N–C) groups is 1. The number of benzene rings is 1. The van der Waals surface area contributed by atoms with Crippen molar-refractivity contribution in [3.8, 4) is 11.5 Å². The van der Waals surface area contributed by atoms with Crippen molar-refractivity contribution in [3.05, 3.63) is 24.3 Å². The van der Waals surface area contributed by atoms with Crippen LogP contribution in [0.1, 0.15) is 25.7 Å². The number of halogens is 1. The van der Waals surface area contributed by atoms with E-state index in [1.165, 1.54) is 0 Å². The van der Waals surface area contributed by atoms with Gasteiger partial charge in [0.2, 0.25) is 0 Å². The van der Waals surface area contributed by atoms with Gasteiger partial charge < -0.3 is 29.6 Å². The summed E-state index contributed by atoms with van der Waals surface area (Å²) in [6.45, 7) is 5.65. The molecule has 0 atom stereocenters. The molecule has 2 rings (SSSR count). The molecule has 0 radical (unpaired) electrons. The summed E-state index contributed by atoms with van der Waals surface area (Å²) in [6, 6.07) is 7.64. The Labute approximate surface area is 191 Å². The zero-order valence-corrected chi connectivity index (χ0v) is 20.0. The Kier molecular flexibility index (Phi) is 14.7. The summed E-state index contributed by atoms with van der Waals surface area (Å²) in [5.74, 6) is 3.10. The fraction of sp³-hybridized carbons (Fsp3) is 0.667. The maximum atomic E-state index is 5.78. The zero-order chi connectivity index (χ0) is 19.9. The number of hydrogen-bond donors (Lipinski definition) is 2. The quantitative estimate of drug-likeness (QED) is 0.191. The van der Waals surface area contributed by atoms with E-state index in [2.05, 4.69) is 15.6 Å². The molecule has 1 saturated heterocycles. The van der Waals surface area contributed by atoms with Crippen LogP contribution in [0, 0.1) is 5.92 Å². The largest absolute Gasteiger partial charge is 0.497 e. The highest BCUT2D eigenvalue weighted by Gasteiger charge is 2.13. The lowest BCUT2D eigenvalue weighted by molar-refractivity contribution is 0.0203. The van der Waals surface area contributed by atoms with Crippen LogP contribution in [0.2, 0.25) is 0 Å². The molecule has 0 unspecified atom stereocenters. The van der Waals surface area contributed by atoms with Crippen molar-refractivity contribution >= 4 is 29.9 Å². The van der Waals surface area contributed by atoms with Crippen molar-refractivity contribution < 1.29 is 18.9 Å². The first kappa shape index (κ1) is 25.8. The van der Waals surface area contributed by atoms with Gasteiger partial charge in [0.05, 0.1) is 13.7 Å². The van der Waals surface area contributed by atoms with Crippen LogP contribution in [0.25, 0.3) is 0 Å². The smallest absolute Gasteiger partial charge is 0.190 e. The minimum Gasteiger partial charge on any atom is -0.497 e. The van der Waals surface area contributed by atoms with Gasteiger partial charge in [-0.25, -0.2) is 0 Å². The second-order valence-corrected chi connectivity index (χ2v) is 6.79. The summed E-state index contributed by atoms with van der Waals surface area (Å²) in [5, 5.41) is 6.61. The van der Waals surface area contributed by atoms with E-state index in [0.717, 1.165) is 82.7 Å². The topological polar surface area (TPSA) is 73.3 Å². The molecule has 1 aliphatic rings. The van der Waals surface area contributed by atoms with Gasteiger partial charge in [0.25, 0.3) is 0 Å². The van der Waals surface area contributed by atoms with E-state index >= 15 is 0 Å². The highest BCUT2D eigenvalue weighted by atomic mass is 127. The molecule has 1 aromatic carbocycles. The van der Waals surface area contributed by atoms with E-state index in [1.807, 2.05) is 24.3 Å². The summed E-state index contributed by atoms with van der Waals surface area (Å²) < 4.78 is 22.1. The van der Waals surface area contributed by atoms with Crippen LogP contribution < -0.4 is 20.1 Å². The van der Waals surface area contributed by atoms with Gasteiger partial charge >= 0.3 is 0 Å². The molecule has 0 aromatic heterocycles. The first-order valence-corrected chi connectivity index (χ1v) is 10.2. The van der Waals surface area contributed by atoms with Gasteiger partial charge in [-0.05, 0) is 43.7 Å². The highest BCUT2D eigenvalue weighted by molar-refractivity contribution is 14.0. The van der Waals surface area contributed by atoms with Crippen LogP contribution in [-0.4, -0.2) is 66.2 Å². The normalized spacial score (nSPS) is 14.8. The molecule has 1 heterocycles. The SMILES string of the molecule is CN=C(NCCCOCC1CCOCC1)NCCCOc1cccc(OC)c1.I. The van der Waals surface area contributed by atoms with Crippen molar-refractivity contribution in [2.75, 3.05) is 60.3 Å². The number of hydrogen-bond acceptors (Lipinski definition) is 5. The van der Waals surface area contributed by atoms with Gasteiger partial charge in [-0.15, -0.1) is 24.0 Å². The fourth-order valence-corrected chi connectivity index (χ4v) is 2.92. The zero-order valence-electron chi connectivity index (χ0n) is 17.7. The molecular weight excluding hydrogens is 485 g/mol. The number of nitrogens with zero attached hydrogens (tertiary/aromatic N) is 1. The van der Waals surface area contributed by atoms with E-state index in [0.29, 0.717) is 12.5 Å². The standard InChI is InChI=1S/C21H35N3O4.HI/c1-22-21(23-10-4-12-27-17-18-8-14-26-15-9-18)24-11-5-13-28-20-7-3-6-19(16-20)25-2;/h3,6-7,16,18H,4-5,8-15,17H2,1-2H3,(H2,22,23,24);1H. The van der Waals surface area contributed by atoms with Crippen LogP contribution in [0.3, 0.4) is 0 Å². The third-order valence-electron chi connectivity index (χ3n) is 4.60. The lowest BCUT2D eigenvalue weighted by Crippen LogP contribution is -2.38. The predicted molar refractivity (Wildman–Crippen MR) is 127 cm³/mol. The third kappa shape index (κ3) is 11.5. The van der Waals surface area contributed by atoms with Crippen molar-refractivity contribution in [2.45, 2.75) is 25.7 Å². The molecule has 1 aromatic rings. The Morgan fingerprint density at radius 2 is 1.79 bits per heavy atom. The van der Waals surface area contributed by atoms with Gasteiger partial charge in [0, 0.05) is 52.6 Å². The number of methoxy groups -OCH3 is 1. The molecule has 166 valence electrons. The molecule has 0 amide bonds. The Morgan fingerprint density at radius 1 is 1.10 bits per heavy atom. The first-order chi connectivity index (χ1) is 13.8. The summed E-state index contributed by atoms with van der Waals surface area (Å²) in [4.78, 5) is 4.24. The lowest BCUT2D eigenvalue weighted by Gasteiger charge is -2.21. The molecular formula is C21H36IN3O4. The van der Waals surface area contributed by atoms with Crippen LogP contribution in [-0.2, 0) is 9.47 Å². The minimum atomic E-state index is 0. The van der Waals surface area contributed by atoms with Gasteiger partial charge in [-0.1, -0.05) is 6.07 Å². The third-order valence-corrected chi connectivity index (χ3v) is 4.60. The van der Waals surface area contributed by atoms with E-state index < -0.39 is 0 Å². The molecule has 1 aliphatic heterocycles. The predicted octanol–water partition coefficient (Wildman–Crippen LogP) is 3.08. The summed E-state index contributed by atoms with van der Waals surface area (Å²) in [5.41, 5.74) is 0. The van der Waals surface area contributed by atoms with E-state index in [1.54, 1.807) is 14.2 Å². The first-order valence-electron chi connectivity index (χ1n) is 10.2. The monoisotopic (exact) mass is 521 g/mol. The lowest BCUT2D eigenvalue weighted by atomic mass is 10.0. The number of guanidine groups is 1. The number of ether oxygens (including phenoxy) is 4. The van der Waals surface area contributed by atoms with Crippen molar-refractivity contribution in [1.82, 2.24) is 10.6 Å². The molecule has 0 bridgehead atoms. The second kappa shape index (κ2) is 16.5. The van der Waals surface area contributed by atoms with Crippen molar-refractivity contribution in [1.29, 1.82) is 0 Å². The average molecular weight is 521 g/mol. The number of rotatable bonds is 12. The second-order valence-electron chi connectivity index (χ2n) is 6.79. The van der Waals surface area contributed by atoms with Crippen LogP contribution in [0.5, 0.6) is 11.5 Å². The van der Waals surface area contributed by atoms with Gasteiger partial charge in [0.1, 0.15) is 11.5 Å². The average Bonchev–Trinajstić information content (AvgIpc) is 2.75. The summed E-state index contributed by atoms with van der Waals surface area (Å²) >= 11 is 0. The maximum absolute atomic E-state index is 5.78. The van der Waals surface area contributed by atoms with Gasteiger partial charge in [-0.3, -0.25) is 4.99 Å². The van der Waals surface area contributed by atoms with E-state index in [4.69, 9.17) is 18.9 Å². The molecule has 8 heteroatoms. The molecule has 29 heavy (non-hydrogen) atoms. The molecule has 1 fully saturated rings. The molecule has 7 nitrogen and oxygen atoms in total. The van der Waals surface area contributed by atoms with Gasteiger partial charge in [-0.2, -0.15) is 0 Å². The van der Waals surface area contributed by atoms with Crippen molar-refractivity contribution in [2.24, 2.45) is 10.9 Å². The Hall–Kier alpha value is -1.26. The van der Waals surface area contributed by atoms with E-state index in [9.17, 15) is 0 Å². The molecule has 0 aliphatic carbocycles. The Bertz CT molecular complexity index is 569. The summed E-state index contributed by atoms with van der Waals surface area (Å²) in [6.07, 6.45) is 4.08. The molecule has 0 spiro atoms. The summed E-state index contributed by atoms with van der Waals surface area (Å²) in [7, 11) is 3.43.